The van der Waals surface area contributed by atoms with Gasteiger partial charge in [0.25, 0.3) is 16.0 Å². The molecule has 1 aromatic heterocycles. The molecule has 3 aromatic carbocycles. The number of fused-ring (bicyclic) bond motifs is 1. The molecule has 0 unspecified atom stereocenters. The monoisotopic (exact) mass is 552 g/mol. The summed E-state index contributed by atoms with van der Waals surface area (Å²) < 4.78 is 36.1. The summed E-state index contributed by atoms with van der Waals surface area (Å²) in [6, 6.07) is 20.3. The van der Waals surface area contributed by atoms with Gasteiger partial charge >= 0.3 is 5.76 Å². The lowest BCUT2D eigenvalue weighted by molar-refractivity contribution is -0.129. The maximum absolute atomic E-state index is 11.7. The zero-order valence-electron chi connectivity index (χ0n) is 21.2. The molecule has 0 radical (unpaired) electrons. The number of aliphatic hydroxyl groups excluding tert-OH is 1. The van der Waals surface area contributed by atoms with Crippen LogP contribution in [0.1, 0.15) is 11.1 Å². The van der Waals surface area contributed by atoms with Crippen molar-refractivity contribution in [3.8, 4) is 17.2 Å². The molecule has 204 valence electrons. The molecule has 0 fully saturated rings. The first-order chi connectivity index (χ1) is 18.4. The fourth-order valence-corrected chi connectivity index (χ4v) is 4.07. The highest BCUT2D eigenvalue weighted by molar-refractivity contribution is 7.85. The number of rotatable bonds is 7. The molecule has 0 aliphatic rings. The smallest absolute Gasteiger partial charge is 0.408 e. The van der Waals surface area contributed by atoms with Crippen molar-refractivity contribution in [3.05, 3.63) is 88.4 Å². The van der Waals surface area contributed by atoms with Gasteiger partial charge in [-0.15, -0.1) is 0 Å². The first-order valence-corrected chi connectivity index (χ1v) is 13.2. The van der Waals surface area contributed by atoms with Crippen LogP contribution in [0.25, 0.3) is 22.2 Å². The van der Waals surface area contributed by atoms with E-state index in [-0.39, 0.29) is 11.4 Å². The number of nitriles is 1. The van der Waals surface area contributed by atoms with E-state index in [1.807, 2.05) is 49.4 Å². The van der Waals surface area contributed by atoms with Crippen LogP contribution in [0.3, 0.4) is 0 Å². The van der Waals surface area contributed by atoms with E-state index < -0.39 is 33.9 Å². The molecule has 11 nitrogen and oxygen atoms in total. The fraction of sp³-hybridized carbons (Fsp3) is 0.222. The number of oxazole rings is 1. The van der Waals surface area contributed by atoms with Gasteiger partial charge in [-0.25, -0.2) is 4.79 Å². The number of benzene rings is 3. The minimum absolute atomic E-state index is 0.0666. The van der Waals surface area contributed by atoms with Gasteiger partial charge in [0.05, 0.1) is 16.5 Å². The van der Waals surface area contributed by atoms with E-state index in [2.05, 4.69) is 5.32 Å². The third-order valence-corrected chi connectivity index (χ3v) is 6.70. The van der Waals surface area contributed by atoms with Crippen molar-refractivity contribution in [3.63, 3.8) is 0 Å². The Morgan fingerprint density at radius 2 is 1.72 bits per heavy atom. The summed E-state index contributed by atoms with van der Waals surface area (Å²) in [5.41, 5.74) is 10.2. The van der Waals surface area contributed by atoms with Gasteiger partial charge in [0.2, 0.25) is 0 Å². The normalized spacial score (nSPS) is 12.6. The number of aliphatic hydroxyl groups is 1. The Bertz CT molecular complexity index is 1650. The number of carbonyl (C=O) groups excluding carboxylic acids is 1. The fourth-order valence-electron chi connectivity index (χ4n) is 3.59. The van der Waals surface area contributed by atoms with Crippen molar-refractivity contribution in [1.82, 2.24) is 9.88 Å². The van der Waals surface area contributed by atoms with Crippen LogP contribution >= 0.6 is 0 Å². The standard InChI is InChI=1S/C20H20N4O4.C7H8O3S/c1-24-16-9-14(6-7-18(16)28-20(24)27)13-4-2-12(3-5-13)8-15(10-21)23-19(26)17(25)11-22;1-6-2-4-7(5-3-6)11(8,9)10/h2-7,9,15,17,25H,8,11,22H2,1H3,(H,23,26);2-5H,1H3,(H,8,9,10)/t15-,17-;/m0./s1. The highest BCUT2D eigenvalue weighted by Gasteiger charge is 2.18. The van der Waals surface area contributed by atoms with Gasteiger partial charge in [-0.1, -0.05) is 48.0 Å². The maximum atomic E-state index is 11.7. The summed E-state index contributed by atoms with van der Waals surface area (Å²) in [7, 11) is -2.37. The lowest BCUT2D eigenvalue weighted by atomic mass is 10.0. The summed E-state index contributed by atoms with van der Waals surface area (Å²) in [6.07, 6.45) is -1.03. The quantitative estimate of drug-likeness (QED) is 0.248. The molecule has 1 heterocycles. The van der Waals surface area contributed by atoms with Gasteiger partial charge in [0.15, 0.2) is 5.58 Å². The van der Waals surface area contributed by atoms with Crippen LogP contribution in [0.15, 0.2) is 80.8 Å². The van der Waals surface area contributed by atoms with Crippen molar-refractivity contribution >= 4 is 27.1 Å². The van der Waals surface area contributed by atoms with Crippen molar-refractivity contribution < 1.29 is 27.3 Å². The number of carbonyl (C=O) groups is 1. The molecular formula is C27H28N4O7S. The summed E-state index contributed by atoms with van der Waals surface area (Å²) in [5.74, 6) is -1.07. The third-order valence-electron chi connectivity index (χ3n) is 5.84. The zero-order chi connectivity index (χ0) is 28.7. The average molecular weight is 553 g/mol. The number of hydrogen-bond acceptors (Lipinski definition) is 8. The third kappa shape index (κ3) is 7.62. The van der Waals surface area contributed by atoms with Crippen LogP contribution in [0.2, 0.25) is 0 Å². The van der Waals surface area contributed by atoms with Crippen molar-refractivity contribution in [2.75, 3.05) is 6.54 Å². The molecule has 12 heteroatoms. The van der Waals surface area contributed by atoms with Crippen molar-refractivity contribution in [2.24, 2.45) is 12.8 Å². The summed E-state index contributed by atoms with van der Waals surface area (Å²) >= 11 is 0. The van der Waals surface area contributed by atoms with Crippen molar-refractivity contribution in [1.29, 1.82) is 5.26 Å². The first-order valence-electron chi connectivity index (χ1n) is 11.7. The largest absolute Gasteiger partial charge is 0.419 e. The van der Waals surface area contributed by atoms with Crippen LogP contribution in [-0.2, 0) is 28.4 Å². The number of hydrogen-bond donors (Lipinski definition) is 4. The molecule has 0 spiro atoms. The van der Waals surface area contributed by atoms with Crippen LogP contribution < -0.4 is 16.8 Å². The number of aryl methyl sites for hydroxylation is 2. The van der Waals surface area contributed by atoms with Crippen LogP contribution in [0.5, 0.6) is 0 Å². The van der Waals surface area contributed by atoms with E-state index >= 15 is 0 Å². The van der Waals surface area contributed by atoms with Gasteiger partial charge in [0.1, 0.15) is 12.1 Å². The predicted molar refractivity (Wildman–Crippen MR) is 144 cm³/mol. The molecule has 1 amide bonds. The molecule has 0 saturated heterocycles. The second kappa shape index (κ2) is 12.5. The molecule has 39 heavy (non-hydrogen) atoms. The molecule has 5 N–H and O–H groups in total. The van der Waals surface area contributed by atoms with E-state index in [0.717, 1.165) is 22.3 Å². The zero-order valence-corrected chi connectivity index (χ0v) is 22.1. The predicted octanol–water partition coefficient (Wildman–Crippen LogP) is 1.91. The number of amides is 1. The summed E-state index contributed by atoms with van der Waals surface area (Å²) in [4.78, 5) is 23.2. The molecule has 4 aromatic rings. The maximum Gasteiger partial charge on any atom is 0.419 e. The number of nitrogens with one attached hydrogen (secondary N) is 1. The molecule has 0 aliphatic heterocycles. The number of nitrogens with zero attached hydrogens (tertiary/aromatic N) is 2. The second-order valence-electron chi connectivity index (χ2n) is 8.74. The van der Waals surface area contributed by atoms with Gasteiger partial charge in [-0.05, 0) is 47.9 Å². The molecule has 0 saturated carbocycles. The molecular weight excluding hydrogens is 524 g/mol. The van der Waals surface area contributed by atoms with Crippen LogP contribution in [0, 0.1) is 18.3 Å². The minimum atomic E-state index is -4.02. The Labute approximate surface area is 224 Å². The Hall–Kier alpha value is -4.28. The van der Waals surface area contributed by atoms with E-state index in [0.29, 0.717) is 17.5 Å². The molecule has 2 atom stereocenters. The van der Waals surface area contributed by atoms with Gasteiger partial charge < -0.3 is 20.6 Å². The first kappa shape index (κ1) is 29.3. The lowest BCUT2D eigenvalue weighted by Crippen LogP contribution is -2.44. The highest BCUT2D eigenvalue weighted by Crippen LogP contribution is 2.24. The molecule has 0 bridgehead atoms. The van der Waals surface area contributed by atoms with Crippen LogP contribution in [0.4, 0.5) is 0 Å². The van der Waals surface area contributed by atoms with Crippen molar-refractivity contribution in [2.45, 2.75) is 30.4 Å². The minimum Gasteiger partial charge on any atom is -0.408 e. The van der Waals surface area contributed by atoms with E-state index in [4.69, 9.17) is 14.7 Å². The summed E-state index contributed by atoms with van der Waals surface area (Å²) in [6.45, 7) is 1.64. The SMILES string of the molecule is Cc1ccc(S(=O)(=O)O)cc1.Cn1c(=O)oc2ccc(-c3ccc(C[C@@H](C#N)NC(=O)[C@@H](O)CN)cc3)cc21. The van der Waals surface area contributed by atoms with Gasteiger partial charge in [-0.3, -0.25) is 13.9 Å². The molecule has 0 aliphatic carbocycles. The van der Waals surface area contributed by atoms with E-state index in [1.165, 1.54) is 16.7 Å². The highest BCUT2D eigenvalue weighted by atomic mass is 32.2. The number of aromatic nitrogens is 1. The van der Waals surface area contributed by atoms with Gasteiger partial charge in [-0.2, -0.15) is 13.7 Å². The van der Waals surface area contributed by atoms with Crippen LogP contribution in [-0.4, -0.2) is 47.2 Å². The average Bonchev–Trinajstić information content (AvgIpc) is 3.20. The Kier molecular flexibility index (Phi) is 9.39. The molecule has 4 rings (SSSR count). The number of nitrogens with two attached hydrogens (primary N) is 1. The Balaban J connectivity index is 0.000000320. The van der Waals surface area contributed by atoms with E-state index in [9.17, 15) is 28.4 Å². The Morgan fingerprint density at radius 3 is 2.28 bits per heavy atom. The van der Waals surface area contributed by atoms with Gasteiger partial charge in [0, 0.05) is 20.0 Å². The lowest BCUT2D eigenvalue weighted by Gasteiger charge is -2.14. The topological polar surface area (TPSA) is 189 Å². The second-order valence-corrected chi connectivity index (χ2v) is 10.2. The van der Waals surface area contributed by atoms with E-state index in [1.54, 1.807) is 25.2 Å². The Morgan fingerprint density at radius 1 is 1.10 bits per heavy atom. The summed E-state index contributed by atoms with van der Waals surface area (Å²) in [5, 5.41) is 21.1.